The molecule has 1 saturated carbocycles. The third kappa shape index (κ3) is 2.76. The molecule has 9 heteroatoms. The number of aromatic nitrogens is 1. The predicted molar refractivity (Wildman–Crippen MR) is 79.2 cm³/mol. The van der Waals surface area contributed by atoms with Crippen molar-refractivity contribution in [3.8, 4) is 0 Å². The highest BCUT2D eigenvalue weighted by molar-refractivity contribution is 9.10. The van der Waals surface area contributed by atoms with Gasteiger partial charge in [-0.25, -0.2) is 13.4 Å². The lowest BCUT2D eigenvalue weighted by Crippen LogP contribution is -2.12. The number of nitrogens with zero attached hydrogens (tertiary/aromatic N) is 1. The Morgan fingerprint density at radius 1 is 1.55 bits per heavy atom. The van der Waals surface area contributed by atoms with Crippen molar-refractivity contribution in [1.29, 1.82) is 0 Å². The maximum atomic E-state index is 12.3. The van der Waals surface area contributed by atoms with E-state index in [2.05, 4.69) is 25.6 Å². The first-order valence-electron chi connectivity index (χ1n) is 5.96. The summed E-state index contributed by atoms with van der Waals surface area (Å²) in [7, 11) is -3.72. The Labute approximate surface area is 128 Å². The predicted octanol–water partition coefficient (Wildman–Crippen LogP) is 2.64. The lowest BCUT2D eigenvalue weighted by molar-refractivity contribution is 0.484. The van der Waals surface area contributed by atoms with E-state index in [-0.39, 0.29) is 16.1 Å². The molecule has 0 unspecified atom stereocenters. The number of furan rings is 1. The highest BCUT2D eigenvalue weighted by atomic mass is 79.9. The molecule has 3 N–H and O–H groups in total. The van der Waals surface area contributed by atoms with E-state index in [4.69, 9.17) is 10.2 Å². The van der Waals surface area contributed by atoms with E-state index in [0.717, 1.165) is 18.5 Å². The zero-order chi connectivity index (χ0) is 14.3. The number of hydrogen-bond donors (Lipinski definition) is 2. The molecule has 0 aromatic carbocycles. The zero-order valence-electron chi connectivity index (χ0n) is 10.3. The molecule has 20 heavy (non-hydrogen) atoms. The molecule has 6 nitrogen and oxygen atoms in total. The van der Waals surface area contributed by atoms with Crippen LogP contribution in [-0.2, 0) is 16.6 Å². The molecule has 1 aliphatic rings. The van der Waals surface area contributed by atoms with Gasteiger partial charge in [0, 0.05) is 17.4 Å². The first-order chi connectivity index (χ1) is 9.49. The monoisotopic (exact) mass is 377 g/mol. The van der Waals surface area contributed by atoms with Gasteiger partial charge >= 0.3 is 0 Å². The van der Waals surface area contributed by atoms with Crippen LogP contribution in [0.4, 0.5) is 5.13 Å². The average Bonchev–Trinajstić information content (AvgIpc) is 3.02. The minimum absolute atomic E-state index is 0.0288. The molecular weight excluding hydrogens is 366 g/mol. The summed E-state index contributed by atoms with van der Waals surface area (Å²) in [6.45, 7) is 0.136. The number of rotatable bonds is 5. The van der Waals surface area contributed by atoms with Crippen molar-refractivity contribution < 1.29 is 12.8 Å². The summed E-state index contributed by atoms with van der Waals surface area (Å²) in [5.41, 5.74) is 6.39. The van der Waals surface area contributed by atoms with Crippen molar-refractivity contribution in [2.24, 2.45) is 5.73 Å². The molecule has 0 spiro atoms. The lowest BCUT2D eigenvalue weighted by Gasteiger charge is -2.02. The van der Waals surface area contributed by atoms with Crippen LogP contribution in [0.1, 0.15) is 30.2 Å². The van der Waals surface area contributed by atoms with E-state index >= 15 is 0 Å². The quantitative estimate of drug-likeness (QED) is 0.834. The second kappa shape index (κ2) is 5.14. The van der Waals surface area contributed by atoms with Gasteiger partial charge < -0.3 is 10.2 Å². The first-order valence-corrected chi connectivity index (χ1v) is 9.11. The molecule has 3 rings (SSSR count). The summed E-state index contributed by atoms with van der Waals surface area (Å²) in [5, 5.41) is 2.26. The topological polar surface area (TPSA) is 98.2 Å². The summed E-state index contributed by atoms with van der Waals surface area (Å²) in [5.74, 6) is 0.893. The molecular formula is C11H12BrN3O3S2. The normalized spacial score (nSPS) is 15.5. The van der Waals surface area contributed by atoms with Gasteiger partial charge in [0.15, 0.2) is 9.80 Å². The number of hydrogen-bond acceptors (Lipinski definition) is 6. The van der Waals surface area contributed by atoms with E-state index in [1.807, 2.05) is 5.38 Å². The van der Waals surface area contributed by atoms with Crippen LogP contribution in [0.25, 0.3) is 0 Å². The van der Waals surface area contributed by atoms with E-state index < -0.39 is 10.0 Å². The van der Waals surface area contributed by atoms with Crippen molar-refractivity contribution in [2.45, 2.75) is 30.2 Å². The van der Waals surface area contributed by atoms with Gasteiger partial charge in [-0.05, 0) is 28.8 Å². The fourth-order valence-corrected chi connectivity index (χ4v) is 4.80. The Bertz CT molecular complexity index is 734. The molecule has 1 fully saturated rings. The summed E-state index contributed by atoms with van der Waals surface area (Å²) in [6, 6.07) is 1.40. The third-order valence-corrected chi connectivity index (χ3v) is 6.04. The van der Waals surface area contributed by atoms with Gasteiger partial charge in [0.05, 0.1) is 12.2 Å². The van der Waals surface area contributed by atoms with Gasteiger partial charge in [-0.15, -0.1) is 11.3 Å². The van der Waals surface area contributed by atoms with Gasteiger partial charge in [-0.1, -0.05) is 0 Å². The van der Waals surface area contributed by atoms with Gasteiger partial charge in [-0.2, -0.15) is 0 Å². The number of anilines is 1. The molecule has 0 saturated heterocycles. The highest BCUT2D eigenvalue weighted by Gasteiger charge is 2.28. The molecule has 2 heterocycles. The molecule has 0 amide bonds. The molecule has 2 aromatic rings. The standard InChI is InChI=1S/C11H12BrN3O3S2/c12-10-9(3-7(4-13)18-10)20(16,17)15-11-14-8(5-19-11)6-1-2-6/h3,5-6H,1-2,4,13H2,(H,14,15). The summed E-state index contributed by atoms with van der Waals surface area (Å²) >= 11 is 4.37. The van der Waals surface area contributed by atoms with E-state index in [9.17, 15) is 8.42 Å². The largest absolute Gasteiger partial charge is 0.452 e. The number of sulfonamides is 1. The fourth-order valence-electron chi connectivity index (χ4n) is 1.75. The summed E-state index contributed by atoms with van der Waals surface area (Å²) < 4.78 is 32.3. The van der Waals surface area contributed by atoms with E-state index in [0.29, 0.717) is 16.8 Å². The summed E-state index contributed by atoms with van der Waals surface area (Å²) in [4.78, 5) is 4.33. The second-order valence-corrected chi connectivity index (χ2v) is 7.74. The van der Waals surface area contributed by atoms with Crippen molar-refractivity contribution in [3.05, 3.63) is 27.6 Å². The molecule has 2 aromatic heterocycles. The van der Waals surface area contributed by atoms with E-state index in [1.54, 1.807) is 0 Å². The highest BCUT2D eigenvalue weighted by Crippen LogP contribution is 2.41. The first kappa shape index (κ1) is 14.1. The molecule has 0 bridgehead atoms. The Morgan fingerprint density at radius 3 is 2.90 bits per heavy atom. The minimum Gasteiger partial charge on any atom is -0.452 e. The third-order valence-electron chi connectivity index (χ3n) is 2.94. The van der Waals surface area contributed by atoms with Gasteiger partial charge in [0.2, 0.25) is 0 Å². The van der Waals surface area contributed by atoms with E-state index in [1.165, 1.54) is 17.4 Å². The smallest absolute Gasteiger partial charge is 0.268 e. The van der Waals surface area contributed by atoms with Crippen LogP contribution in [0.5, 0.6) is 0 Å². The molecule has 108 valence electrons. The average molecular weight is 378 g/mol. The van der Waals surface area contributed by atoms with Crippen LogP contribution in [-0.4, -0.2) is 13.4 Å². The van der Waals surface area contributed by atoms with Crippen molar-refractivity contribution in [1.82, 2.24) is 4.98 Å². The number of nitrogens with two attached hydrogens (primary N) is 1. The number of halogens is 1. The van der Waals surface area contributed by atoms with Gasteiger partial charge in [-0.3, -0.25) is 4.72 Å². The maximum absolute atomic E-state index is 12.3. The Morgan fingerprint density at radius 2 is 2.30 bits per heavy atom. The molecule has 0 aliphatic heterocycles. The number of thiazole rings is 1. The van der Waals surface area contributed by atoms with Crippen LogP contribution >= 0.6 is 27.3 Å². The zero-order valence-corrected chi connectivity index (χ0v) is 13.5. The minimum atomic E-state index is -3.72. The van der Waals surface area contributed by atoms with Crippen molar-refractivity contribution in [2.75, 3.05) is 4.72 Å². The molecule has 1 aliphatic carbocycles. The molecule has 0 atom stereocenters. The van der Waals surface area contributed by atoms with Crippen LogP contribution in [0.2, 0.25) is 0 Å². The van der Waals surface area contributed by atoms with Gasteiger partial charge in [0.25, 0.3) is 10.0 Å². The maximum Gasteiger partial charge on any atom is 0.268 e. The number of nitrogens with one attached hydrogen (secondary N) is 1. The molecule has 0 radical (unpaired) electrons. The Balaban J connectivity index is 1.84. The fraction of sp³-hybridized carbons (Fsp3) is 0.364. The van der Waals surface area contributed by atoms with Crippen LogP contribution in [0.3, 0.4) is 0 Å². The van der Waals surface area contributed by atoms with Crippen LogP contribution < -0.4 is 10.5 Å². The lowest BCUT2D eigenvalue weighted by atomic mass is 10.3. The Kier molecular flexibility index (Phi) is 3.61. The van der Waals surface area contributed by atoms with Crippen LogP contribution in [0, 0.1) is 0 Å². The van der Waals surface area contributed by atoms with Crippen molar-refractivity contribution in [3.63, 3.8) is 0 Å². The summed E-state index contributed by atoms with van der Waals surface area (Å²) in [6.07, 6.45) is 2.26. The second-order valence-electron chi connectivity index (χ2n) is 4.51. The Hall–Kier alpha value is -0.900. The van der Waals surface area contributed by atoms with Crippen molar-refractivity contribution >= 4 is 42.4 Å². The SMILES string of the molecule is NCc1cc(S(=O)(=O)Nc2nc(C3CC3)cs2)c(Br)o1. The van der Waals surface area contributed by atoms with Crippen LogP contribution in [0.15, 0.2) is 25.4 Å². The van der Waals surface area contributed by atoms with Gasteiger partial charge in [0.1, 0.15) is 10.7 Å².